The van der Waals surface area contributed by atoms with E-state index in [1.165, 1.54) is 11.8 Å². The van der Waals surface area contributed by atoms with Gasteiger partial charge in [-0.15, -0.1) is 0 Å². The molecule has 0 bridgehead atoms. The van der Waals surface area contributed by atoms with Crippen LogP contribution in [0, 0.1) is 0 Å². The van der Waals surface area contributed by atoms with E-state index in [2.05, 4.69) is 4.72 Å². The van der Waals surface area contributed by atoms with Crippen molar-refractivity contribution < 1.29 is 18.3 Å². The van der Waals surface area contributed by atoms with Gasteiger partial charge in [-0.25, -0.2) is 17.9 Å². The lowest BCUT2D eigenvalue weighted by molar-refractivity contribution is 0.0697. The minimum atomic E-state index is -3.96. The van der Waals surface area contributed by atoms with Gasteiger partial charge >= 0.3 is 5.97 Å². The molecule has 0 aromatic heterocycles. The molecule has 0 aliphatic carbocycles. The van der Waals surface area contributed by atoms with E-state index in [0.717, 1.165) is 12.1 Å². The predicted octanol–water partition coefficient (Wildman–Crippen LogP) is 3.11. The Bertz CT molecular complexity index is 659. The average Bonchev–Trinajstić information content (AvgIpc) is 2.38. The number of rotatable bonds is 6. The van der Waals surface area contributed by atoms with Gasteiger partial charge in [0.2, 0.25) is 10.0 Å². The largest absolute Gasteiger partial charge is 0.478 e. The van der Waals surface area contributed by atoms with Crippen LogP contribution >= 0.6 is 35.0 Å². The summed E-state index contributed by atoms with van der Waals surface area (Å²) in [5.41, 5.74) is -0.353. The van der Waals surface area contributed by atoms with Crippen LogP contribution < -0.4 is 4.72 Å². The fourth-order valence-corrected chi connectivity index (χ4v) is 3.75. The molecule has 0 fully saturated rings. The predicted molar refractivity (Wildman–Crippen MR) is 86.2 cm³/mol. The molecule has 1 rings (SSSR count). The molecule has 0 atom stereocenters. The molecule has 0 saturated carbocycles. The number of nitrogens with one attached hydrogen (secondary N) is 1. The number of carbonyl (C=O) groups is 1. The van der Waals surface area contributed by atoms with Crippen molar-refractivity contribution in [2.75, 3.05) is 12.8 Å². The third-order valence-electron chi connectivity index (χ3n) is 2.76. The van der Waals surface area contributed by atoms with Crippen molar-refractivity contribution in [1.82, 2.24) is 4.72 Å². The molecule has 0 spiro atoms. The SMILES string of the molecule is CSC(C)(C)CNS(=O)(=O)c1cc(Cl)cc(C(=O)O)c1Cl. The Morgan fingerprint density at radius 2 is 1.95 bits per heavy atom. The van der Waals surface area contributed by atoms with E-state index >= 15 is 0 Å². The molecular weight excluding hydrogens is 357 g/mol. The number of carboxylic acid groups (broad SMARTS) is 1. The van der Waals surface area contributed by atoms with Gasteiger partial charge < -0.3 is 5.11 Å². The molecule has 1 aromatic rings. The van der Waals surface area contributed by atoms with Crippen LogP contribution in [-0.4, -0.2) is 37.0 Å². The quantitative estimate of drug-likeness (QED) is 0.802. The standard InChI is InChI=1S/C12H15Cl2NO4S2/c1-12(2,20-3)6-15-21(18,19)9-5-7(13)4-8(10(9)14)11(16)17/h4-5,15H,6H2,1-3H3,(H,16,17). The molecule has 21 heavy (non-hydrogen) atoms. The van der Waals surface area contributed by atoms with Crippen LogP contribution in [0.25, 0.3) is 0 Å². The van der Waals surface area contributed by atoms with Crippen molar-refractivity contribution in [1.29, 1.82) is 0 Å². The number of carboxylic acids is 1. The van der Waals surface area contributed by atoms with Crippen LogP contribution in [0.3, 0.4) is 0 Å². The maximum Gasteiger partial charge on any atom is 0.337 e. The fraction of sp³-hybridized carbons (Fsp3) is 0.417. The fourth-order valence-electron chi connectivity index (χ4n) is 1.33. The summed E-state index contributed by atoms with van der Waals surface area (Å²) in [7, 11) is -3.96. The van der Waals surface area contributed by atoms with Gasteiger partial charge in [0.05, 0.1) is 10.6 Å². The van der Waals surface area contributed by atoms with Crippen LogP contribution in [0.1, 0.15) is 24.2 Å². The summed E-state index contributed by atoms with van der Waals surface area (Å²) in [5.74, 6) is -1.34. The summed E-state index contributed by atoms with van der Waals surface area (Å²) >= 11 is 13.1. The molecule has 0 unspecified atom stereocenters. The molecule has 0 saturated heterocycles. The smallest absolute Gasteiger partial charge is 0.337 e. The highest BCUT2D eigenvalue weighted by Gasteiger charge is 2.26. The zero-order valence-electron chi connectivity index (χ0n) is 11.6. The Morgan fingerprint density at radius 1 is 1.38 bits per heavy atom. The van der Waals surface area contributed by atoms with Crippen molar-refractivity contribution in [2.45, 2.75) is 23.5 Å². The summed E-state index contributed by atoms with van der Waals surface area (Å²) in [6, 6.07) is 2.24. The van der Waals surface area contributed by atoms with Crippen LogP contribution in [0.2, 0.25) is 10.0 Å². The van der Waals surface area contributed by atoms with Gasteiger partial charge in [-0.1, -0.05) is 23.2 Å². The Labute approximate surface area is 138 Å². The van der Waals surface area contributed by atoms with Gasteiger partial charge in [-0.3, -0.25) is 0 Å². The second kappa shape index (κ2) is 6.75. The van der Waals surface area contributed by atoms with Crippen molar-refractivity contribution in [3.05, 3.63) is 27.7 Å². The van der Waals surface area contributed by atoms with Gasteiger partial charge in [-0.05, 0) is 32.2 Å². The minimum absolute atomic E-state index is 0.0127. The lowest BCUT2D eigenvalue weighted by Crippen LogP contribution is -2.36. The van der Waals surface area contributed by atoms with Gasteiger partial charge in [0.1, 0.15) is 4.90 Å². The van der Waals surface area contributed by atoms with Gasteiger partial charge in [0, 0.05) is 16.3 Å². The number of benzene rings is 1. The molecule has 0 heterocycles. The molecule has 0 aliphatic rings. The average molecular weight is 372 g/mol. The van der Waals surface area contributed by atoms with E-state index < -0.39 is 16.0 Å². The van der Waals surface area contributed by atoms with Gasteiger partial charge in [-0.2, -0.15) is 11.8 Å². The Morgan fingerprint density at radius 3 is 2.43 bits per heavy atom. The first-order valence-electron chi connectivity index (χ1n) is 5.77. The monoisotopic (exact) mass is 371 g/mol. The first kappa shape index (κ1) is 18.6. The van der Waals surface area contributed by atoms with E-state index in [0.29, 0.717) is 0 Å². The molecular formula is C12H15Cl2NO4S2. The highest BCUT2D eigenvalue weighted by atomic mass is 35.5. The molecule has 0 radical (unpaired) electrons. The first-order valence-corrected chi connectivity index (χ1v) is 9.24. The number of thioether (sulfide) groups is 1. The van der Waals surface area contributed by atoms with Gasteiger partial charge in [0.15, 0.2) is 0 Å². The van der Waals surface area contributed by atoms with Crippen LogP contribution in [0.15, 0.2) is 17.0 Å². The highest BCUT2D eigenvalue weighted by molar-refractivity contribution is 8.00. The number of hydrogen-bond acceptors (Lipinski definition) is 4. The Balaban J connectivity index is 3.23. The van der Waals surface area contributed by atoms with E-state index in [4.69, 9.17) is 28.3 Å². The van der Waals surface area contributed by atoms with Crippen LogP contribution in [-0.2, 0) is 10.0 Å². The van der Waals surface area contributed by atoms with E-state index in [-0.39, 0.29) is 31.8 Å². The third kappa shape index (κ3) is 4.75. The van der Waals surface area contributed by atoms with Crippen molar-refractivity contribution >= 4 is 51.0 Å². The molecule has 118 valence electrons. The number of halogens is 2. The maximum atomic E-state index is 12.3. The molecule has 1 aromatic carbocycles. The Kier molecular flexibility index (Phi) is 5.97. The van der Waals surface area contributed by atoms with E-state index in [1.54, 1.807) is 0 Å². The molecule has 5 nitrogen and oxygen atoms in total. The molecule has 2 N–H and O–H groups in total. The molecule has 9 heteroatoms. The normalized spacial score (nSPS) is 12.4. The summed E-state index contributed by atoms with van der Waals surface area (Å²) in [5, 5.41) is 8.64. The first-order chi connectivity index (χ1) is 9.50. The minimum Gasteiger partial charge on any atom is -0.478 e. The lowest BCUT2D eigenvalue weighted by Gasteiger charge is -2.22. The van der Waals surface area contributed by atoms with E-state index in [1.807, 2.05) is 20.1 Å². The summed E-state index contributed by atoms with van der Waals surface area (Å²) in [6.45, 7) is 3.92. The second-order valence-corrected chi connectivity index (χ2v) is 8.92. The summed E-state index contributed by atoms with van der Waals surface area (Å²) < 4.78 is 26.7. The van der Waals surface area contributed by atoms with Crippen LogP contribution in [0.5, 0.6) is 0 Å². The van der Waals surface area contributed by atoms with Crippen molar-refractivity contribution in [3.8, 4) is 0 Å². The zero-order valence-corrected chi connectivity index (χ0v) is 14.8. The second-order valence-electron chi connectivity index (χ2n) is 4.86. The van der Waals surface area contributed by atoms with Crippen molar-refractivity contribution in [3.63, 3.8) is 0 Å². The van der Waals surface area contributed by atoms with Crippen LogP contribution in [0.4, 0.5) is 0 Å². The third-order valence-corrected chi connectivity index (χ3v) is 6.18. The van der Waals surface area contributed by atoms with Crippen molar-refractivity contribution in [2.24, 2.45) is 0 Å². The summed E-state index contributed by atoms with van der Waals surface area (Å²) in [4.78, 5) is 10.7. The van der Waals surface area contributed by atoms with Gasteiger partial charge in [0.25, 0.3) is 0 Å². The lowest BCUT2D eigenvalue weighted by atomic mass is 10.2. The topological polar surface area (TPSA) is 83.5 Å². The number of hydrogen-bond donors (Lipinski definition) is 2. The zero-order chi connectivity index (χ0) is 16.4. The number of sulfonamides is 1. The summed E-state index contributed by atoms with van der Waals surface area (Å²) in [6.07, 6.45) is 1.86. The number of aromatic carboxylic acids is 1. The Hall–Kier alpha value is -0.470. The van der Waals surface area contributed by atoms with E-state index in [9.17, 15) is 13.2 Å². The molecule has 0 amide bonds. The molecule has 0 aliphatic heterocycles. The maximum absolute atomic E-state index is 12.3. The highest BCUT2D eigenvalue weighted by Crippen LogP contribution is 2.30.